The molecule has 12 heavy (non-hydrogen) atoms. The van der Waals surface area contributed by atoms with Crippen LogP contribution in [0.25, 0.3) is 0 Å². The maximum atomic E-state index is 10.2. The maximum Gasteiger partial charge on any atom is 0.303 e. The lowest BCUT2D eigenvalue weighted by Gasteiger charge is -2.28. The van der Waals surface area contributed by atoms with Gasteiger partial charge in [-0.15, -0.1) is 0 Å². The Labute approximate surface area is 90.7 Å². The van der Waals surface area contributed by atoms with Crippen LogP contribution in [0.4, 0.5) is 0 Å². The number of hydrogen-bond donors (Lipinski definition) is 1. The van der Waals surface area contributed by atoms with Gasteiger partial charge >= 0.3 is 5.97 Å². The summed E-state index contributed by atoms with van der Waals surface area (Å²) < 4.78 is -2.79. The molecule has 6 heteroatoms. The average molecular weight is 254 g/mol. The third kappa shape index (κ3) is 4.04. The molecule has 0 saturated carbocycles. The summed E-state index contributed by atoms with van der Waals surface area (Å²) in [6.45, 7) is 1.41. The first-order chi connectivity index (χ1) is 5.17. The minimum Gasteiger partial charge on any atom is -0.481 e. The van der Waals surface area contributed by atoms with Crippen molar-refractivity contribution >= 4 is 52.4 Å². The van der Waals surface area contributed by atoms with E-state index >= 15 is 0 Å². The second-order valence-corrected chi connectivity index (χ2v) is 5.68. The zero-order valence-corrected chi connectivity index (χ0v) is 9.31. The molecule has 0 radical (unpaired) electrons. The molecule has 0 fully saturated rings. The number of hydrogen-bond acceptors (Lipinski definition) is 1. The molecule has 0 aliphatic heterocycles. The van der Waals surface area contributed by atoms with E-state index in [9.17, 15) is 4.79 Å². The second-order valence-electron chi connectivity index (χ2n) is 2.49. The van der Waals surface area contributed by atoms with Gasteiger partial charge in [-0.2, -0.15) is 0 Å². The lowest BCUT2D eigenvalue weighted by molar-refractivity contribution is -0.137. The van der Waals surface area contributed by atoms with Gasteiger partial charge in [-0.1, -0.05) is 46.4 Å². The normalized spacial score (nSPS) is 13.1. The molecule has 0 heterocycles. The first-order valence-corrected chi connectivity index (χ1v) is 4.65. The Bertz CT molecular complexity index is 173. The summed E-state index contributed by atoms with van der Waals surface area (Å²) in [6.07, 6.45) is -0.156. The van der Waals surface area contributed by atoms with Crippen LogP contribution >= 0.6 is 46.4 Å². The fourth-order valence-electron chi connectivity index (χ4n) is 0.483. The molecule has 0 atom stereocenters. The summed E-state index contributed by atoms with van der Waals surface area (Å²) in [5.74, 6) is -0.988. The van der Waals surface area contributed by atoms with Gasteiger partial charge in [0.1, 0.15) is 4.33 Å². The van der Waals surface area contributed by atoms with Crippen LogP contribution in [0.1, 0.15) is 19.8 Å². The Morgan fingerprint density at radius 2 is 1.75 bits per heavy atom. The topological polar surface area (TPSA) is 37.3 Å². The van der Waals surface area contributed by atoms with Gasteiger partial charge in [0.05, 0.1) is 0 Å². The lowest BCUT2D eigenvalue weighted by Crippen LogP contribution is -2.33. The summed E-state index contributed by atoms with van der Waals surface area (Å²) in [4.78, 5) is 10.2. The molecule has 0 aromatic carbocycles. The largest absolute Gasteiger partial charge is 0.481 e. The van der Waals surface area contributed by atoms with Gasteiger partial charge in [0, 0.05) is 6.42 Å². The van der Waals surface area contributed by atoms with Crippen molar-refractivity contribution < 1.29 is 9.90 Å². The monoisotopic (exact) mass is 252 g/mol. The number of aliphatic carboxylic acids is 1. The minimum absolute atomic E-state index is 0.00887. The van der Waals surface area contributed by atoms with Crippen LogP contribution in [0.2, 0.25) is 0 Å². The maximum absolute atomic E-state index is 10.2. The van der Waals surface area contributed by atoms with E-state index in [-0.39, 0.29) is 12.8 Å². The highest BCUT2D eigenvalue weighted by molar-refractivity contribution is 6.62. The van der Waals surface area contributed by atoms with Crippen molar-refractivity contribution in [3.63, 3.8) is 0 Å². The molecular formula is C6H8Cl4O2. The van der Waals surface area contributed by atoms with E-state index in [1.807, 2.05) is 0 Å². The highest BCUT2D eigenvalue weighted by Gasteiger charge is 2.42. The van der Waals surface area contributed by atoms with Crippen molar-refractivity contribution in [1.29, 1.82) is 0 Å². The Kier molecular flexibility index (Phi) is 4.45. The average Bonchev–Trinajstić information content (AvgIpc) is 1.81. The molecule has 2 nitrogen and oxygen atoms in total. The second kappa shape index (κ2) is 4.23. The molecule has 72 valence electrons. The van der Waals surface area contributed by atoms with E-state index in [0.717, 1.165) is 0 Å². The quantitative estimate of drug-likeness (QED) is 0.782. The lowest BCUT2D eigenvalue weighted by atomic mass is 10.2. The van der Waals surface area contributed by atoms with E-state index in [1.165, 1.54) is 6.92 Å². The summed E-state index contributed by atoms with van der Waals surface area (Å²) in [5.41, 5.74) is 0. The highest BCUT2D eigenvalue weighted by atomic mass is 35.5. The first-order valence-electron chi connectivity index (χ1n) is 3.14. The molecule has 1 N–H and O–H groups in total. The van der Waals surface area contributed by atoms with Crippen LogP contribution in [-0.2, 0) is 4.79 Å². The number of halogens is 4. The number of carboxylic acid groups (broad SMARTS) is 1. The smallest absolute Gasteiger partial charge is 0.303 e. The predicted octanol–water partition coefficient (Wildman–Crippen LogP) is 3.22. The minimum atomic E-state index is -1.44. The summed E-state index contributed by atoms with van der Waals surface area (Å²) in [5, 5.41) is 8.34. The van der Waals surface area contributed by atoms with Crippen LogP contribution in [0, 0.1) is 0 Å². The summed E-state index contributed by atoms with van der Waals surface area (Å²) in [7, 11) is 0. The summed E-state index contributed by atoms with van der Waals surface area (Å²) >= 11 is 22.6. The third-order valence-corrected chi connectivity index (χ3v) is 3.46. The molecule has 0 aromatic rings. The molecule has 0 amide bonds. The van der Waals surface area contributed by atoms with Gasteiger partial charge in [-0.3, -0.25) is 4.79 Å². The van der Waals surface area contributed by atoms with E-state index in [2.05, 4.69) is 0 Å². The van der Waals surface area contributed by atoms with E-state index in [0.29, 0.717) is 0 Å². The van der Waals surface area contributed by atoms with Gasteiger partial charge in [0.15, 0.2) is 4.33 Å². The van der Waals surface area contributed by atoms with Gasteiger partial charge in [-0.05, 0) is 13.3 Å². The standard InChI is InChI=1S/C6H8Cl4O2/c1-5(7,8)6(9,10)3-2-4(11)12/h2-3H2,1H3,(H,11,12). The Hall–Kier alpha value is 0.630. The van der Waals surface area contributed by atoms with Gasteiger partial charge < -0.3 is 5.11 Å². The first kappa shape index (κ1) is 12.6. The summed E-state index contributed by atoms with van der Waals surface area (Å²) in [6, 6.07) is 0. The molecule has 0 saturated heterocycles. The highest BCUT2D eigenvalue weighted by Crippen LogP contribution is 2.45. The molecule has 0 rings (SSSR count). The Balaban J connectivity index is 4.14. The molecule has 0 aliphatic carbocycles. The van der Waals surface area contributed by atoms with E-state index < -0.39 is 14.6 Å². The molecule has 0 spiro atoms. The molecular weight excluding hydrogens is 246 g/mol. The van der Waals surface area contributed by atoms with Gasteiger partial charge in [0.25, 0.3) is 0 Å². The van der Waals surface area contributed by atoms with Gasteiger partial charge in [-0.25, -0.2) is 0 Å². The SMILES string of the molecule is CC(Cl)(Cl)C(Cl)(Cl)CCC(=O)O. The fraction of sp³-hybridized carbons (Fsp3) is 0.833. The van der Waals surface area contributed by atoms with Crippen LogP contribution in [0.15, 0.2) is 0 Å². The van der Waals surface area contributed by atoms with Crippen LogP contribution in [-0.4, -0.2) is 19.7 Å². The number of rotatable bonds is 4. The zero-order chi connectivity index (χ0) is 9.99. The van der Waals surface area contributed by atoms with Crippen molar-refractivity contribution in [3.8, 4) is 0 Å². The van der Waals surface area contributed by atoms with Crippen molar-refractivity contribution in [3.05, 3.63) is 0 Å². The number of carbonyl (C=O) groups is 1. The van der Waals surface area contributed by atoms with Crippen molar-refractivity contribution in [2.24, 2.45) is 0 Å². The van der Waals surface area contributed by atoms with Gasteiger partial charge in [0.2, 0.25) is 0 Å². The van der Waals surface area contributed by atoms with E-state index in [4.69, 9.17) is 51.5 Å². The predicted molar refractivity (Wildman–Crippen MR) is 51.4 cm³/mol. The molecule has 0 unspecified atom stereocenters. The molecule has 0 aliphatic rings. The Morgan fingerprint density at radius 1 is 1.33 bits per heavy atom. The van der Waals surface area contributed by atoms with Crippen molar-refractivity contribution in [2.45, 2.75) is 28.4 Å². The van der Waals surface area contributed by atoms with E-state index in [1.54, 1.807) is 0 Å². The molecule has 0 aromatic heterocycles. The van der Waals surface area contributed by atoms with Crippen LogP contribution in [0.3, 0.4) is 0 Å². The van der Waals surface area contributed by atoms with Crippen molar-refractivity contribution in [2.75, 3.05) is 0 Å². The zero-order valence-electron chi connectivity index (χ0n) is 6.28. The third-order valence-electron chi connectivity index (χ3n) is 1.30. The Morgan fingerprint density at radius 3 is 2.00 bits per heavy atom. The van der Waals surface area contributed by atoms with Crippen LogP contribution < -0.4 is 0 Å². The molecule has 0 bridgehead atoms. The number of alkyl halides is 4. The number of carboxylic acids is 1. The van der Waals surface area contributed by atoms with Crippen LogP contribution in [0.5, 0.6) is 0 Å². The fourth-order valence-corrected chi connectivity index (χ4v) is 0.861. The van der Waals surface area contributed by atoms with Crippen molar-refractivity contribution in [1.82, 2.24) is 0 Å².